The van der Waals surface area contributed by atoms with Gasteiger partial charge < -0.3 is 10.5 Å². The fourth-order valence-electron chi connectivity index (χ4n) is 2.21. The molecule has 24 heavy (non-hydrogen) atoms. The summed E-state index contributed by atoms with van der Waals surface area (Å²) < 4.78 is 3.29. The van der Waals surface area contributed by atoms with Gasteiger partial charge in [-0.2, -0.15) is 10.4 Å². The number of nitrogens with two attached hydrogens (primary N) is 1. The number of rotatable bonds is 5. The second-order valence-electron chi connectivity index (χ2n) is 4.99. The number of nitrogens with one attached hydrogen (secondary N) is 2. The van der Waals surface area contributed by atoms with E-state index >= 15 is 0 Å². The summed E-state index contributed by atoms with van der Waals surface area (Å²) >= 11 is 1.51. The van der Waals surface area contributed by atoms with Crippen LogP contribution in [0.25, 0.3) is 16.7 Å². The van der Waals surface area contributed by atoms with Crippen LogP contribution in [-0.2, 0) is 0 Å². The van der Waals surface area contributed by atoms with Crippen molar-refractivity contribution in [2.24, 2.45) is 5.73 Å². The number of hydrogen-bond donors (Lipinski definition) is 3. The first kappa shape index (κ1) is 15.7. The number of anilines is 1. The summed E-state index contributed by atoms with van der Waals surface area (Å²) in [6.07, 6.45) is 4.98. The number of nitrogens with zero attached hydrogens (tertiary/aromatic N) is 2. The number of hydrogen-bond acceptors (Lipinski definition) is 5. The zero-order valence-electron chi connectivity index (χ0n) is 12.7. The first-order valence-electron chi connectivity index (χ1n) is 7.24. The van der Waals surface area contributed by atoms with Gasteiger partial charge in [0.2, 0.25) is 0 Å². The summed E-state index contributed by atoms with van der Waals surface area (Å²) in [6.45, 7) is 0. The molecule has 0 bridgehead atoms. The summed E-state index contributed by atoms with van der Waals surface area (Å²) in [7, 11) is 0. The SMILES string of the molecule is N#C/C(=C/N)c1cccc(NSc2cccc(-c3cn[nH]c3)c2)c1. The smallest absolute Gasteiger partial charge is 0.101 e. The lowest BCUT2D eigenvalue weighted by molar-refractivity contribution is 1.09. The van der Waals surface area contributed by atoms with Crippen molar-refractivity contribution in [2.75, 3.05) is 4.72 Å². The third-order valence-corrected chi connectivity index (χ3v) is 4.24. The molecule has 0 aliphatic heterocycles. The summed E-state index contributed by atoms with van der Waals surface area (Å²) in [5, 5.41) is 15.9. The highest BCUT2D eigenvalue weighted by Gasteiger charge is 2.03. The Morgan fingerprint density at radius 3 is 2.83 bits per heavy atom. The molecule has 4 N–H and O–H groups in total. The molecule has 1 aromatic heterocycles. The summed E-state index contributed by atoms with van der Waals surface area (Å²) in [5.74, 6) is 0. The molecule has 0 radical (unpaired) electrons. The molecular formula is C18H15N5S. The second-order valence-corrected chi connectivity index (χ2v) is 5.87. The Morgan fingerprint density at radius 2 is 2.08 bits per heavy atom. The lowest BCUT2D eigenvalue weighted by atomic mass is 10.1. The molecule has 0 unspecified atom stereocenters. The number of allylic oxidation sites excluding steroid dienone is 1. The van der Waals surface area contributed by atoms with Gasteiger partial charge in [0.05, 0.1) is 11.8 Å². The lowest BCUT2D eigenvalue weighted by Crippen LogP contribution is -1.91. The second kappa shape index (κ2) is 7.40. The molecule has 0 atom stereocenters. The molecule has 118 valence electrons. The molecule has 2 aromatic carbocycles. The summed E-state index contributed by atoms with van der Waals surface area (Å²) in [5.41, 5.74) is 9.76. The van der Waals surface area contributed by atoms with Crippen molar-refractivity contribution in [2.45, 2.75) is 4.90 Å². The maximum absolute atomic E-state index is 9.07. The Morgan fingerprint density at radius 1 is 1.21 bits per heavy atom. The van der Waals surface area contributed by atoms with Crippen molar-refractivity contribution in [1.29, 1.82) is 5.26 Å². The maximum atomic E-state index is 9.07. The Labute approximate surface area is 144 Å². The van der Waals surface area contributed by atoms with Gasteiger partial charge >= 0.3 is 0 Å². The van der Waals surface area contributed by atoms with Crippen molar-refractivity contribution in [3.8, 4) is 17.2 Å². The van der Waals surface area contributed by atoms with Gasteiger partial charge in [0.1, 0.15) is 6.07 Å². The highest BCUT2D eigenvalue weighted by molar-refractivity contribution is 8.00. The Kier molecular flexibility index (Phi) is 4.84. The van der Waals surface area contributed by atoms with Gasteiger partial charge in [0.15, 0.2) is 0 Å². The van der Waals surface area contributed by atoms with Crippen molar-refractivity contribution in [1.82, 2.24) is 10.2 Å². The number of H-pyrrole nitrogens is 1. The lowest BCUT2D eigenvalue weighted by Gasteiger charge is -2.08. The van der Waals surface area contributed by atoms with Crippen LogP contribution in [0.4, 0.5) is 5.69 Å². The van der Waals surface area contributed by atoms with E-state index in [9.17, 15) is 0 Å². The Bertz CT molecular complexity index is 894. The quantitative estimate of drug-likeness (QED) is 0.484. The van der Waals surface area contributed by atoms with E-state index in [1.54, 1.807) is 6.20 Å². The highest BCUT2D eigenvalue weighted by Crippen LogP contribution is 2.27. The molecule has 6 heteroatoms. The molecule has 0 fully saturated rings. The molecule has 0 saturated carbocycles. The molecule has 0 saturated heterocycles. The average Bonchev–Trinajstić information content (AvgIpc) is 3.16. The molecule has 0 aliphatic rings. The van der Waals surface area contributed by atoms with Crippen LogP contribution >= 0.6 is 11.9 Å². The fourth-order valence-corrected chi connectivity index (χ4v) is 2.91. The normalized spacial score (nSPS) is 11.0. The minimum absolute atomic E-state index is 0.450. The monoisotopic (exact) mass is 333 g/mol. The van der Waals surface area contributed by atoms with E-state index in [-0.39, 0.29) is 0 Å². The minimum Gasteiger partial charge on any atom is -0.404 e. The van der Waals surface area contributed by atoms with Crippen LogP contribution in [0.5, 0.6) is 0 Å². The first-order chi connectivity index (χ1) is 11.8. The van der Waals surface area contributed by atoms with E-state index in [0.717, 1.165) is 27.3 Å². The van der Waals surface area contributed by atoms with Gasteiger partial charge in [-0.15, -0.1) is 0 Å². The summed E-state index contributed by atoms with van der Waals surface area (Å²) in [6, 6.07) is 17.9. The van der Waals surface area contributed by atoms with Gasteiger partial charge in [-0.1, -0.05) is 24.3 Å². The van der Waals surface area contributed by atoms with E-state index in [2.05, 4.69) is 27.1 Å². The molecule has 1 heterocycles. The minimum atomic E-state index is 0.450. The molecule has 3 aromatic rings. The van der Waals surface area contributed by atoms with Crippen LogP contribution in [-0.4, -0.2) is 10.2 Å². The van der Waals surface area contributed by atoms with Crippen LogP contribution < -0.4 is 10.5 Å². The van der Waals surface area contributed by atoms with Gasteiger partial charge in [0, 0.05) is 28.5 Å². The van der Waals surface area contributed by atoms with Gasteiger partial charge in [-0.25, -0.2) is 0 Å². The molecular weight excluding hydrogens is 318 g/mol. The van der Waals surface area contributed by atoms with E-state index in [0.29, 0.717) is 5.57 Å². The van der Waals surface area contributed by atoms with E-state index in [1.165, 1.54) is 18.1 Å². The standard InChI is InChI=1S/C18H15N5S/c19-9-15(10-20)13-3-1-5-17(7-13)23-24-18-6-2-4-14(8-18)16-11-21-22-12-16/h1-9,11-12,23H,19H2,(H,21,22)/b15-9-. The molecule has 0 spiro atoms. The van der Waals surface area contributed by atoms with Gasteiger partial charge in [-0.05, 0) is 47.3 Å². The van der Waals surface area contributed by atoms with E-state index in [4.69, 9.17) is 11.0 Å². The largest absolute Gasteiger partial charge is 0.404 e. The third kappa shape index (κ3) is 3.59. The van der Waals surface area contributed by atoms with Crippen molar-refractivity contribution in [3.63, 3.8) is 0 Å². The predicted octanol–water partition coefficient (Wildman–Crippen LogP) is 4.02. The molecule has 0 aliphatic carbocycles. The van der Waals surface area contributed by atoms with Crippen molar-refractivity contribution < 1.29 is 0 Å². The average molecular weight is 333 g/mol. The van der Waals surface area contributed by atoms with Crippen LogP contribution in [0, 0.1) is 11.3 Å². The highest BCUT2D eigenvalue weighted by atomic mass is 32.2. The van der Waals surface area contributed by atoms with Gasteiger partial charge in [-0.3, -0.25) is 5.10 Å². The van der Waals surface area contributed by atoms with Crippen LogP contribution in [0.2, 0.25) is 0 Å². The van der Waals surface area contributed by atoms with Crippen molar-refractivity contribution in [3.05, 3.63) is 72.7 Å². The molecule has 3 rings (SSSR count). The molecule has 5 nitrogen and oxygen atoms in total. The van der Waals surface area contributed by atoms with Crippen molar-refractivity contribution >= 4 is 23.2 Å². The van der Waals surface area contributed by atoms with Gasteiger partial charge in [0.25, 0.3) is 0 Å². The van der Waals surface area contributed by atoms with Crippen LogP contribution in [0.3, 0.4) is 0 Å². The Balaban J connectivity index is 1.74. The topological polar surface area (TPSA) is 90.5 Å². The van der Waals surface area contributed by atoms with Crippen LogP contribution in [0.15, 0.2) is 72.0 Å². The zero-order valence-corrected chi connectivity index (χ0v) is 13.5. The Hall–Kier alpha value is -3.17. The first-order valence-corrected chi connectivity index (χ1v) is 8.06. The third-order valence-electron chi connectivity index (χ3n) is 3.41. The number of aromatic nitrogens is 2. The summed E-state index contributed by atoms with van der Waals surface area (Å²) in [4.78, 5) is 1.08. The van der Waals surface area contributed by atoms with Crippen LogP contribution in [0.1, 0.15) is 5.56 Å². The number of benzene rings is 2. The predicted molar refractivity (Wildman–Crippen MR) is 97.7 cm³/mol. The maximum Gasteiger partial charge on any atom is 0.101 e. The number of aromatic amines is 1. The number of nitriles is 1. The van der Waals surface area contributed by atoms with E-state index < -0.39 is 0 Å². The fraction of sp³-hybridized carbons (Fsp3) is 0. The zero-order chi connectivity index (χ0) is 16.8. The molecule has 0 amide bonds. The van der Waals surface area contributed by atoms with E-state index in [1.807, 2.05) is 48.7 Å².